The van der Waals surface area contributed by atoms with Crippen molar-refractivity contribution < 1.29 is 14.3 Å². The molecule has 0 spiro atoms. The predicted octanol–water partition coefficient (Wildman–Crippen LogP) is 2.07. The zero-order valence-electron chi connectivity index (χ0n) is 9.18. The van der Waals surface area contributed by atoms with Crippen LogP contribution in [0.5, 0.6) is 0 Å². The summed E-state index contributed by atoms with van der Waals surface area (Å²) in [5.41, 5.74) is 1.05. The highest BCUT2D eigenvalue weighted by Crippen LogP contribution is 2.19. The molecule has 0 aromatic heterocycles. The first kappa shape index (κ1) is 10.9. The summed E-state index contributed by atoms with van der Waals surface area (Å²) in [7, 11) is 1.59. The van der Waals surface area contributed by atoms with Crippen LogP contribution >= 0.6 is 0 Å². The molecule has 0 fully saturated rings. The summed E-state index contributed by atoms with van der Waals surface area (Å²) in [4.78, 5) is 11.5. The second-order valence-electron chi connectivity index (χ2n) is 3.71. The second-order valence-corrected chi connectivity index (χ2v) is 3.71. The van der Waals surface area contributed by atoms with Gasteiger partial charge in [-0.3, -0.25) is 4.79 Å². The van der Waals surface area contributed by atoms with E-state index in [1.54, 1.807) is 13.2 Å². The molecule has 84 valence electrons. The molecule has 1 aromatic carbocycles. The molecule has 3 nitrogen and oxygen atoms in total. The summed E-state index contributed by atoms with van der Waals surface area (Å²) in [6.07, 6.45) is 2.00. The summed E-state index contributed by atoms with van der Waals surface area (Å²) >= 11 is 0. The number of carbonyl (C=O) groups excluding carboxylic acids is 1. The molecule has 1 aliphatic carbocycles. The average molecular weight is 218 g/mol. The van der Waals surface area contributed by atoms with E-state index in [4.69, 9.17) is 9.47 Å². The maximum Gasteiger partial charge on any atom is 0.200 e. The SMILES string of the molecule is COC1C=C(OCc2ccccc2)C(=O)C1. The van der Waals surface area contributed by atoms with Crippen molar-refractivity contribution in [3.63, 3.8) is 0 Å². The van der Waals surface area contributed by atoms with Gasteiger partial charge in [0.1, 0.15) is 6.61 Å². The van der Waals surface area contributed by atoms with Gasteiger partial charge in [-0.1, -0.05) is 30.3 Å². The van der Waals surface area contributed by atoms with Crippen molar-refractivity contribution in [2.75, 3.05) is 7.11 Å². The predicted molar refractivity (Wildman–Crippen MR) is 59.7 cm³/mol. The van der Waals surface area contributed by atoms with Crippen molar-refractivity contribution in [3.05, 3.63) is 47.7 Å². The Kier molecular flexibility index (Phi) is 3.37. The van der Waals surface area contributed by atoms with E-state index in [0.717, 1.165) is 5.56 Å². The van der Waals surface area contributed by atoms with Crippen LogP contribution in [0.1, 0.15) is 12.0 Å². The van der Waals surface area contributed by atoms with Gasteiger partial charge < -0.3 is 9.47 Å². The van der Waals surface area contributed by atoms with Gasteiger partial charge in [0.05, 0.1) is 6.10 Å². The molecule has 1 unspecified atom stereocenters. The number of ether oxygens (including phenoxy) is 2. The molecule has 0 amide bonds. The lowest BCUT2D eigenvalue weighted by molar-refractivity contribution is -0.119. The summed E-state index contributed by atoms with van der Waals surface area (Å²) in [5.74, 6) is 0.443. The number of allylic oxidation sites excluding steroid dienone is 1. The van der Waals surface area contributed by atoms with Crippen molar-refractivity contribution in [2.45, 2.75) is 19.1 Å². The maximum atomic E-state index is 11.5. The first-order valence-electron chi connectivity index (χ1n) is 5.24. The molecule has 0 bridgehead atoms. The highest BCUT2D eigenvalue weighted by molar-refractivity contribution is 5.96. The Morgan fingerprint density at radius 3 is 2.69 bits per heavy atom. The number of methoxy groups -OCH3 is 1. The zero-order valence-corrected chi connectivity index (χ0v) is 9.18. The highest BCUT2D eigenvalue weighted by atomic mass is 16.5. The van der Waals surface area contributed by atoms with Gasteiger partial charge >= 0.3 is 0 Å². The first-order chi connectivity index (χ1) is 7.79. The molecule has 1 aromatic rings. The fraction of sp³-hybridized carbons (Fsp3) is 0.308. The van der Waals surface area contributed by atoms with Crippen LogP contribution in [-0.4, -0.2) is 19.0 Å². The lowest BCUT2D eigenvalue weighted by Gasteiger charge is -2.05. The highest BCUT2D eigenvalue weighted by Gasteiger charge is 2.25. The molecule has 0 aliphatic heterocycles. The standard InChI is InChI=1S/C13H14O3/c1-15-11-7-12(14)13(8-11)16-9-10-5-3-2-4-6-10/h2-6,8,11H,7,9H2,1H3. The van der Waals surface area contributed by atoms with Crippen LogP contribution in [0.3, 0.4) is 0 Å². The Morgan fingerprint density at radius 1 is 1.31 bits per heavy atom. The third-order valence-corrected chi connectivity index (χ3v) is 2.54. The van der Waals surface area contributed by atoms with E-state index in [-0.39, 0.29) is 11.9 Å². The van der Waals surface area contributed by atoms with Crippen LogP contribution < -0.4 is 0 Å². The van der Waals surface area contributed by atoms with Crippen LogP contribution in [0.4, 0.5) is 0 Å². The van der Waals surface area contributed by atoms with Gasteiger partial charge in [-0.15, -0.1) is 0 Å². The lowest BCUT2D eigenvalue weighted by atomic mass is 10.2. The van der Waals surface area contributed by atoms with Crippen molar-refractivity contribution in [1.29, 1.82) is 0 Å². The molecule has 0 saturated carbocycles. The number of hydrogen-bond donors (Lipinski definition) is 0. The van der Waals surface area contributed by atoms with Crippen LogP contribution in [0, 0.1) is 0 Å². The Labute approximate surface area is 94.7 Å². The number of rotatable bonds is 4. The molecule has 0 radical (unpaired) electrons. The van der Waals surface area contributed by atoms with Gasteiger partial charge in [-0.05, 0) is 11.6 Å². The average Bonchev–Trinajstić information content (AvgIpc) is 2.69. The fourth-order valence-electron chi connectivity index (χ4n) is 1.62. The summed E-state index contributed by atoms with van der Waals surface area (Å²) in [6, 6.07) is 9.77. The molecule has 0 heterocycles. The van der Waals surface area contributed by atoms with Gasteiger partial charge in [-0.2, -0.15) is 0 Å². The van der Waals surface area contributed by atoms with E-state index in [2.05, 4.69) is 0 Å². The molecule has 2 rings (SSSR count). The summed E-state index contributed by atoms with van der Waals surface area (Å²) < 4.78 is 10.6. The number of benzene rings is 1. The molecule has 0 N–H and O–H groups in total. The van der Waals surface area contributed by atoms with Crippen LogP contribution in [0.25, 0.3) is 0 Å². The molecule has 16 heavy (non-hydrogen) atoms. The Bertz CT molecular complexity index is 395. The second kappa shape index (κ2) is 4.94. The monoisotopic (exact) mass is 218 g/mol. The van der Waals surface area contributed by atoms with Crippen molar-refractivity contribution >= 4 is 5.78 Å². The van der Waals surface area contributed by atoms with E-state index >= 15 is 0 Å². The van der Waals surface area contributed by atoms with Crippen LogP contribution in [0.2, 0.25) is 0 Å². The molecule has 0 saturated heterocycles. The summed E-state index contributed by atoms with van der Waals surface area (Å²) in [6.45, 7) is 0.425. The van der Waals surface area contributed by atoms with Crippen LogP contribution in [0.15, 0.2) is 42.2 Å². The van der Waals surface area contributed by atoms with Gasteiger partial charge in [0.25, 0.3) is 0 Å². The Balaban J connectivity index is 1.94. The zero-order chi connectivity index (χ0) is 11.4. The number of carbonyl (C=O) groups is 1. The normalized spacial score (nSPS) is 19.7. The summed E-state index contributed by atoms with van der Waals surface area (Å²) in [5, 5.41) is 0. The minimum absolute atomic E-state index is 0.0165. The van der Waals surface area contributed by atoms with E-state index < -0.39 is 0 Å². The van der Waals surface area contributed by atoms with Gasteiger partial charge in [-0.25, -0.2) is 0 Å². The Morgan fingerprint density at radius 2 is 2.06 bits per heavy atom. The third-order valence-electron chi connectivity index (χ3n) is 2.54. The minimum atomic E-state index is -0.127. The molecule has 3 heteroatoms. The first-order valence-corrected chi connectivity index (χ1v) is 5.24. The molecule has 1 aliphatic rings. The van der Waals surface area contributed by atoms with Crippen molar-refractivity contribution in [3.8, 4) is 0 Å². The van der Waals surface area contributed by atoms with E-state index in [1.165, 1.54) is 0 Å². The maximum absolute atomic E-state index is 11.5. The van der Waals surface area contributed by atoms with E-state index in [9.17, 15) is 4.79 Å². The quantitative estimate of drug-likeness (QED) is 0.776. The number of hydrogen-bond acceptors (Lipinski definition) is 3. The lowest BCUT2D eigenvalue weighted by Crippen LogP contribution is -2.05. The smallest absolute Gasteiger partial charge is 0.200 e. The Hall–Kier alpha value is -1.61. The van der Waals surface area contributed by atoms with E-state index in [0.29, 0.717) is 18.8 Å². The number of ketones is 1. The topological polar surface area (TPSA) is 35.5 Å². The number of Topliss-reactive ketones (excluding diaryl/α,β-unsaturated/α-hetero) is 1. The third kappa shape index (κ3) is 2.49. The van der Waals surface area contributed by atoms with Gasteiger partial charge in [0, 0.05) is 13.5 Å². The van der Waals surface area contributed by atoms with Crippen molar-refractivity contribution in [1.82, 2.24) is 0 Å². The van der Waals surface area contributed by atoms with Crippen LogP contribution in [-0.2, 0) is 20.9 Å². The molecular formula is C13H14O3. The van der Waals surface area contributed by atoms with Gasteiger partial charge in [0.2, 0.25) is 0 Å². The molecule has 1 atom stereocenters. The molecular weight excluding hydrogens is 204 g/mol. The largest absolute Gasteiger partial charge is 0.485 e. The minimum Gasteiger partial charge on any atom is -0.485 e. The van der Waals surface area contributed by atoms with Gasteiger partial charge in [0.15, 0.2) is 11.5 Å². The van der Waals surface area contributed by atoms with E-state index in [1.807, 2.05) is 30.3 Å². The fourth-order valence-corrected chi connectivity index (χ4v) is 1.62. The van der Waals surface area contributed by atoms with Crippen molar-refractivity contribution in [2.24, 2.45) is 0 Å².